The van der Waals surface area contributed by atoms with Crippen molar-refractivity contribution in [3.8, 4) is 0 Å². The highest BCUT2D eigenvalue weighted by atomic mass is 32.1. The Balaban J connectivity index is 2.12. The van der Waals surface area contributed by atoms with Crippen molar-refractivity contribution < 1.29 is 23.1 Å². The number of likely N-dealkylation sites (tertiary alicyclic amines) is 1. The number of thiophene rings is 1. The van der Waals surface area contributed by atoms with Gasteiger partial charge >= 0.3 is 6.18 Å². The fourth-order valence-electron chi connectivity index (χ4n) is 1.90. The van der Waals surface area contributed by atoms with E-state index >= 15 is 0 Å². The van der Waals surface area contributed by atoms with Crippen LogP contribution in [0.5, 0.6) is 0 Å². The van der Waals surface area contributed by atoms with E-state index in [9.17, 15) is 23.1 Å². The van der Waals surface area contributed by atoms with E-state index in [4.69, 9.17) is 0 Å². The molecule has 18 heavy (non-hydrogen) atoms. The summed E-state index contributed by atoms with van der Waals surface area (Å²) in [6.45, 7) is 1.05. The largest absolute Gasteiger partial charge is 0.419 e. The molecule has 7 heteroatoms. The third kappa shape index (κ3) is 2.24. The topological polar surface area (TPSA) is 40.5 Å². The number of carbonyl (C=O) groups excluding carboxylic acids is 1. The average Bonchev–Trinajstić information content (AvgIpc) is 2.84. The van der Waals surface area contributed by atoms with E-state index in [1.165, 1.54) is 11.3 Å². The third-order valence-electron chi connectivity index (χ3n) is 3.01. The van der Waals surface area contributed by atoms with E-state index in [1.807, 2.05) is 6.92 Å². The molecular weight excluding hydrogens is 267 g/mol. The second-order valence-corrected chi connectivity index (χ2v) is 5.70. The zero-order chi connectivity index (χ0) is 13.6. The number of hydrogen-bond donors (Lipinski definition) is 1. The van der Waals surface area contributed by atoms with Crippen molar-refractivity contribution in [3.05, 3.63) is 21.9 Å². The Morgan fingerprint density at radius 3 is 2.61 bits per heavy atom. The summed E-state index contributed by atoms with van der Waals surface area (Å²) in [6, 6.07) is 3.33. The molecule has 0 aromatic carbocycles. The normalized spacial score (nSPS) is 24.6. The number of hydrogen-bond acceptors (Lipinski definition) is 3. The molecule has 3 nitrogen and oxygen atoms in total. The van der Waals surface area contributed by atoms with E-state index < -0.39 is 30.7 Å². The van der Waals surface area contributed by atoms with Crippen molar-refractivity contribution >= 4 is 17.2 Å². The molecule has 1 atom stereocenters. The van der Waals surface area contributed by atoms with Gasteiger partial charge in [0.25, 0.3) is 5.91 Å². The number of nitrogens with zero attached hydrogens (tertiary/aromatic N) is 1. The second-order valence-electron chi connectivity index (χ2n) is 4.42. The van der Waals surface area contributed by atoms with E-state index in [0.717, 1.165) is 9.78 Å². The number of amides is 1. The summed E-state index contributed by atoms with van der Waals surface area (Å²) in [6.07, 6.45) is -5.17. The van der Waals surface area contributed by atoms with Crippen molar-refractivity contribution in [2.75, 3.05) is 13.1 Å². The van der Waals surface area contributed by atoms with Gasteiger partial charge in [0.2, 0.25) is 0 Å². The number of carbonyl (C=O) groups is 1. The van der Waals surface area contributed by atoms with Gasteiger partial charge in [0.15, 0.2) is 5.60 Å². The van der Waals surface area contributed by atoms with Crippen molar-refractivity contribution in [3.63, 3.8) is 0 Å². The van der Waals surface area contributed by atoms with Crippen LogP contribution in [0.4, 0.5) is 13.2 Å². The van der Waals surface area contributed by atoms with Crippen LogP contribution >= 0.6 is 11.3 Å². The van der Waals surface area contributed by atoms with E-state index in [0.29, 0.717) is 4.88 Å². The zero-order valence-corrected chi connectivity index (χ0v) is 10.4. The van der Waals surface area contributed by atoms with E-state index in [1.54, 1.807) is 12.1 Å². The van der Waals surface area contributed by atoms with Gasteiger partial charge in [-0.15, -0.1) is 11.3 Å². The van der Waals surface area contributed by atoms with Gasteiger partial charge in [0, 0.05) is 17.8 Å². The lowest BCUT2D eigenvalue weighted by Gasteiger charge is -2.25. The van der Waals surface area contributed by atoms with Crippen LogP contribution in [0.2, 0.25) is 0 Å². The summed E-state index contributed by atoms with van der Waals surface area (Å²) >= 11 is 1.24. The number of aryl methyl sites for hydroxylation is 1. The standard InChI is InChI=1S/C11H12F3NO2S/c1-7-2-3-8(18-7)9(16)15-5-4-10(17,6-15)11(12,13)14/h2-3,17H,4-6H2,1H3/t10-/m0/s1. The molecule has 1 aliphatic rings. The summed E-state index contributed by atoms with van der Waals surface area (Å²) in [5, 5.41) is 9.48. The van der Waals surface area contributed by atoms with Gasteiger partial charge in [0.05, 0.1) is 11.4 Å². The lowest BCUT2D eigenvalue weighted by Crippen LogP contribution is -2.47. The molecule has 0 aliphatic carbocycles. The van der Waals surface area contributed by atoms with Crippen LogP contribution in [0, 0.1) is 6.92 Å². The van der Waals surface area contributed by atoms with Crippen LogP contribution in [0.25, 0.3) is 0 Å². The number of rotatable bonds is 1. The quantitative estimate of drug-likeness (QED) is 0.856. The van der Waals surface area contributed by atoms with Gasteiger partial charge in [-0.3, -0.25) is 4.79 Å². The summed E-state index contributed by atoms with van der Waals surface area (Å²) in [4.78, 5) is 14.3. The molecular formula is C11H12F3NO2S. The Labute approximate surface area is 106 Å². The fraction of sp³-hybridized carbons (Fsp3) is 0.545. The van der Waals surface area contributed by atoms with Crippen molar-refractivity contribution in [2.45, 2.75) is 25.1 Å². The minimum atomic E-state index is -4.70. The second kappa shape index (κ2) is 4.24. The maximum absolute atomic E-state index is 12.6. The lowest BCUT2D eigenvalue weighted by molar-refractivity contribution is -0.253. The molecule has 0 spiro atoms. The first-order valence-electron chi connectivity index (χ1n) is 5.38. The van der Waals surface area contributed by atoms with Crippen molar-refractivity contribution in [2.24, 2.45) is 0 Å². The number of halogens is 3. The third-order valence-corrected chi connectivity index (χ3v) is 4.00. The number of aliphatic hydroxyl groups is 1. The van der Waals surface area contributed by atoms with Gasteiger partial charge in [-0.1, -0.05) is 0 Å². The minimum Gasteiger partial charge on any atom is -0.379 e. The highest BCUT2D eigenvalue weighted by Gasteiger charge is 2.57. The van der Waals surface area contributed by atoms with Gasteiger partial charge in [-0.05, 0) is 19.1 Å². The number of alkyl halides is 3. The Bertz CT molecular complexity index is 471. The molecule has 2 rings (SSSR count). The van der Waals surface area contributed by atoms with Crippen LogP contribution in [-0.2, 0) is 0 Å². The molecule has 0 unspecified atom stereocenters. The molecule has 1 aromatic rings. The molecule has 0 saturated carbocycles. The first-order chi connectivity index (χ1) is 8.23. The molecule has 1 amide bonds. The van der Waals surface area contributed by atoms with E-state index in [-0.39, 0.29) is 6.54 Å². The van der Waals surface area contributed by atoms with Crippen LogP contribution < -0.4 is 0 Å². The Morgan fingerprint density at radius 1 is 1.50 bits per heavy atom. The maximum atomic E-state index is 12.6. The van der Waals surface area contributed by atoms with Crippen molar-refractivity contribution in [1.82, 2.24) is 4.90 Å². The molecule has 0 radical (unpaired) electrons. The highest BCUT2D eigenvalue weighted by Crippen LogP contribution is 2.38. The fourth-order valence-corrected chi connectivity index (χ4v) is 2.74. The SMILES string of the molecule is Cc1ccc(C(=O)N2CC[C@@](O)(C(F)(F)F)C2)s1. The smallest absolute Gasteiger partial charge is 0.379 e. The Kier molecular flexibility index (Phi) is 3.14. The molecule has 100 valence electrons. The van der Waals surface area contributed by atoms with Crippen LogP contribution in [0.15, 0.2) is 12.1 Å². The molecule has 1 saturated heterocycles. The number of β-amino-alcohol motifs (C(OH)–C–C–N with tert-alkyl or cyclic N) is 1. The predicted molar refractivity (Wildman–Crippen MR) is 60.6 cm³/mol. The van der Waals surface area contributed by atoms with Gasteiger partial charge < -0.3 is 10.0 Å². The molecule has 1 aliphatic heterocycles. The highest BCUT2D eigenvalue weighted by molar-refractivity contribution is 7.13. The van der Waals surface area contributed by atoms with Gasteiger partial charge in [-0.25, -0.2) is 0 Å². The van der Waals surface area contributed by atoms with Crippen LogP contribution in [0.1, 0.15) is 21.0 Å². The van der Waals surface area contributed by atoms with E-state index in [2.05, 4.69) is 0 Å². The summed E-state index contributed by atoms with van der Waals surface area (Å²) in [5.74, 6) is -0.451. The first-order valence-corrected chi connectivity index (χ1v) is 6.19. The zero-order valence-electron chi connectivity index (χ0n) is 9.62. The summed E-state index contributed by atoms with van der Waals surface area (Å²) in [5.41, 5.74) is -2.77. The monoisotopic (exact) mass is 279 g/mol. The molecule has 1 aromatic heterocycles. The molecule has 1 fully saturated rings. The van der Waals surface area contributed by atoms with Crippen LogP contribution in [0.3, 0.4) is 0 Å². The van der Waals surface area contributed by atoms with Crippen LogP contribution in [-0.4, -0.2) is 40.8 Å². The Hall–Kier alpha value is -1.08. The molecule has 1 N–H and O–H groups in total. The predicted octanol–water partition coefficient (Wildman–Crippen LogP) is 2.20. The van der Waals surface area contributed by atoms with Gasteiger partial charge in [0.1, 0.15) is 0 Å². The lowest BCUT2D eigenvalue weighted by atomic mass is 10.0. The Morgan fingerprint density at radius 2 is 2.17 bits per heavy atom. The average molecular weight is 279 g/mol. The summed E-state index contributed by atoms with van der Waals surface area (Å²) < 4.78 is 37.8. The maximum Gasteiger partial charge on any atom is 0.419 e. The van der Waals surface area contributed by atoms with Crippen molar-refractivity contribution in [1.29, 1.82) is 0 Å². The molecule has 2 heterocycles. The minimum absolute atomic E-state index is 0.0776. The van der Waals surface area contributed by atoms with Gasteiger partial charge in [-0.2, -0.15) is 13.2 Å². The summed E-state index contributed by atoms with van der Waals surface area (Å²) in [7, 11) is 0. The molecule has 0 bridgehead atoms. The first kappa shape index (κ1) is 13.4.